The number of hydrogen-bond acceptors (Lipinski definition) is 2. The molecule has 3 nitrogen and oxygen atoms in total. The van der Waals surface area contributed by atoms with E-state index in [9.17, 15) is 0 Å². The Hall–Kier alpha value is -1.35. The molecule has 116 valence electrons. The molecule has 0 saturated heterocycles. The monoisotopic (exact) mass is 287 g/mol. The fourth-order valence-electron chi connectivity index (χ4n) is 2.89. The molecule has 1 aromatic carbocycles. The van der Waals surface area contributed by atoms with Crippen LogP contribution in [0.3, 0.4) is 0 Å². The molecule has 0 aliphatic heterocycles. The van der Waals surface area contributed by atoms with Crippen molar-refractivity contribution < 1.29 is 0 Å². The van der Waals surface area contributed by atoms with Crippen LogP contribution in [0.15, 0.2) is 24.3 Å². The van der Waals surface area contributed by atoms with Crippen molar-refractivity contribution in [1.82, 2.24) is 15.1 Å². The molecular weight excluding hydrogens is 258 g/mol. The average molecular weight is 287 g/mol. The average Bonchev–Trinajstić information content (AvgIpc) is 2.79. The molecule has 1 N–H and O–H groups in total. The van der Waals surface area contributed by atoms with Crippen LogP contribution < -0.4 is 5.32 Å². The fourth-order valence-corrected chi connectivity index (χ4v) is 2.89. The van der Waals surface area contributed by atoms with Gasteiger partial charge in [0.05, 0.1) is 11.2 Å². The van der Waals surface area contributed by atoms with Crippen LogP contribution in [0.2, 0.25) is 0 Å². The molecule has 1 aromatic heterocycles. The molecule has 3 heteroatoms. The molecule has 0 aliphatic carbocycles. The number of hydrogen-bond donors (Lipinski definition) is 1. The van der Waals surface area contributed by atoms with Crippen LogP contribution in [0.4, 0.5) is 0 Å². The molecular formula is C18H29N3. The molecule has 2 aromatic rings. The largest absolute Gasteiger partial charge is 0.313 e. The predicted octanol–water partition coefficient (Wildman–Crippen LogP) is 3.78. The molecule has 0 amide bonds. The number of fused-ring (bicyclic) bond motifs is 1. The first-order valence-corrected chi connectivity index (χ1v) is 8.18. The summed E-state index contributed by atoms with van der Waals surface area (Å²) in [6.45, 7) is 10.3. The molecule has 2 rings (SSSR count). The van der Waals surface area contributed by atoms with Gasteiger partial charge in [0.25, 0.3) is 0 Å². The van der Waals surface area contributed by atoms with Crippen LogP contribution in [0.25, 0.3) is 10.9 Å². The minimum Gasteiger partial charge on any atom is -0.313 e. The van der Waals surface area contributed by atoms with Crippen molar-refractivity contribution in [2.75, 3.05) is 6.54 Å². The Kier molecular flexibility index (Phi) is 5.40. The highest BCUT2D eigenvalue weighted by atomic mass is 15.3. The van der Waals surface area contributed by atoms with E-state index < -0.39 is 0 Å². The van der Waals surface area contributed by atoms with Gasteiger partial charge in [-0.2, -0.15) is 5.10 Å². The van der Waals surface area contributed by atoms with E-state index in [0.717, 1.165) is 13.0 Å². The summed E-state index contributed by atoms with van der Waals surface area (Å²) in [5.41, 5.74) is 2.44. The Morgan fingerprint density at radius 2 is 1.90 bits per heavy atom. The highest BCUT2D eigenvalue weighted by molar-refractivity contribution is 5.81. The normalized spacial score (nSPS) is 14.8. The molecule has 2 atom stereocenters. The summed E-state index contributed by atoms with van der Waals surface area (Å²) in [5, 5.41) is 9.77. The lowest BCUT2D eigenvalue weighted by Gasteiger charge is -2.27. The lowest BCUT2D eigenvalue weighted by atomic mass is 9.87. The van der Waals surface area contributed by atoms with Crippen molar-refractivity contribution in [1.29, 1.82) is 0 Å². The Balaban J connectivity index is 2.25. The number of para-hydroxylation sites is 1. The number of benzene rings is 1. The number of nitrogens with one attached hydrogen (secondary N) is 1. The standard InChI is InChI=1S/C18H29N3/c1-6-11-19-16(14(4)13(2)3)12-17-15-9-7-8-10-18(15)21(5)20-17/h7-10,13-14,16,19H,6,11-12H2,1-5H3. The molecule has 0 spiro atoms. The van der Waals surface area contributed by atoms with Crippen LogP contribution >= 0.6 is 0 Å². The van der Waals surface area contributed by atoms with Crippen LogP contribution in [0.1, 0.15) is 39.8 Å². The number of nitrogens with zero attached hydrogens (tertiary/aromatic N) is 2. The van der Waals surface area contributed by atoms with E-state index in [-0.39, 0.29) is 0 Å². The van der Waals surface area contributed by atoms with Gasteiger partial charge in [0.1, 0.15) is 0 Å². The van der Waals surface area contributed by atoms with E-state index >= 15 is 0 Å². The van der Waals surface area contributed by atoms with Crippen molar-refractivity contribution >= 4 is 10.9 Å². The maximum atomic E-state index is 4.76. The lowest BCUT2D eigenvalue weighted by Crippen LogP contribution is -2.39. The summed E-state index contributed by atoms with van der Waals surface area (Å²) in [6.07, 6.45) is 2.17. The predicted molar refractivity (Wildman–Crippen MR) is 90.5 cm³/mol. The third-order valence-electron chi connectivity index (χ3n) is 4.59. The summed E-state index contributed by atoms with van der Waals surface area (Å²) >= 11 is 0. The summed E-state index contributed by atoms with van der Waals surface area (Å²) in [7, 11) is 2.03. The maximum Gasteiger partial charge on any atom is 0.0718 e. The van der Waals surface area contributed by atoms with Crippen molar-refractivity contribution in [3.63, 3.8) is 0 Å². The smallest absolute Gasteiger partial charge is 0.0718 e. The van der Waals surface area contributed by atoms with E-state index in [1.165, 1.54) is 23.0 Å². The Labute approximate surface area is 128 Å². The second-order valence-corrected chi connectivity index (χ2v) is 6.46. The van der Waals surface area contributed by atoms with Crippen LogP contribution in [0, 0.1) is 11.8 Å². The van der Waals surface area contributed by atoms with Gasteiger partial charge in [-0.25, -0.2) is 0 Å². The van der Waals surface area contributed by atoms with Gasteiger partial charge < -0.3 is 5.32 Å². The summed E-state index contributed by atoms with van der Waals surface area (Å²) in [5.74, 6) is 1.31. The number of rotatable bonds is 7. The third-order valence-corrected chi connectivity index (χ3v) is 4.59. The summed E-state index contributed by atoms with van der Waals surface area (Å²) in [6, 6.07) is 9.01. The van der Waals surface area contributed by atoms with Crippen LogP contribution in [0.5, 0.6) is 0 Å². The quantitative estimate of drug-likeness (QED) is 0.840. The number of aromatic nitrogens is 2. The minimum atomic E-state index is 0.489. The van der Waals surface area contributed by atoms with Gasteiger partial charge in [0, 0.05) is 24.9 Å². The van der Waals surface area contributed by atoms with Gasteiger partial charge in [-0.3, -0.25) is 4.68 Å². The van der Waals surface area contributed by atoms with Gasteiger partial charge >= 0.3 is 0 Å². The van der Waals surface area contributed by atoms with Crippen LogP contribution in [-0.4, -0.2) is 22.4 Å². The first kappa shape index (κ1) is 16.0. The Morgan fingerprint density at radius 1 is 1.19 bits per heavy atom. The maximum absolute atomic E-state index is 4.76. The van der Waals surface area contributed by atoms with E-state index in [1.807, 2.05) is 11.7 Å². The molecule has 0 fully saturated rings. The van der Waals surface area contributed by atoms with Gasteiger partial charge in [0.2, 0.25) is 0 Å². The Morgan fingerprint density at radius 3 is 2.57 bits per heavy atom. The van der Waals surface area contributed by atoms with E-state index in [0.29, 0.717) is 17.9 Å². The zero-order valence-electron chi connectivity index (χ0n) is 14.1. The second-order valence-electron chi connectivity index (χ2n) is 6.46. The van der Waals surface area contributed by atoms with Crippen molar-refractivity contribution in [3.8, 4) is 0 Å². The van der Waals surface area contributed by atoms with Gasteiger partial charge in [0.15, 0.2) is 0 Å². The third kappa shape index (κ3) is 3.65. The number of aryl methyl sites for hydroxylation is 1. The second kappa shape index (κ2) is 7.08. The van der Waals surface area contributed by atoms with Gasteiger partial charge in [-0.05, 0) is 30.9 Å². The fraction of sp³-hybridized carbons (Fsp3) is 0.611. The molecule has 0 bridgehead atoms. The first-order valence-electron chi connectivity index (χ1n) is 8.18. The highest BCUT2D eigenvalue weighted by Gasteiger charge is 2.22. The minimum absolute atomic E-state index is 0.489. The van der Waals surface area contributed by atoms with E-state index in [4.69, 9.17) is 5.10 Å². The SMILES string of the molecule is CCCNC(Cc1nn(C)c2ccccc12)C(C)C(C)C. The van der Waals surface area contributed by atoms with Gasteiger partial charge in [-0.1, -0.05) is 45.9 Å². The summed E-state index contributed by atoms with van der Waals surface area (Å²) < 4.78 is 2.00. The summed E-state index contributed by atoms with van der Waals surface area (Å²) in [4.78, 5) is 0. The molecule has 0 saturated carbocycles. The van der Waals surface area contributed by atoms with Crippen molar-refractivity contribution in [2.24, 2.45) is 18.9 Å². The lowest BCUT2D eigenvalue weighted by molar-refractivity contribution is 0.295. The molecule has 1 heterocycles. The van der Waals surface area contributed by atoms with Gasteiger partial charge in [-0.15, -0.1) is 0 Å². The zero-order chi connectivity index (χ0) is 15.4. The van der Waals surface area contributed by atoms with E-state index in [1.54, 1.807) is 0 Å². The zero-order valence-corrected chi connectivity index (χ0v) is 14.1. The molecule has 0 aliphatic rings. The molecule has 0 radical (unpaired) electrons. The van der Waals surface area contributed by atoms with Crippen LogP contribution in [-0.2, 0) is 13.5 Å². The van der Waals surface area contributed by atoms with Crippen molar-refractivity contribution in [2.45, 2.75) is 46.6 Å². The topological polar surface area (TPSA) is 29.9 Å². The van der Waals surface area contributed by atoms with E-state index in [2.05, 4.69) is 57.3 Å². The Bertz CT molecular complexity index is 571. The molecule has 2 unspecified atom stereocenters. The molecule has 21 heavy (non-hydrogen) atoms. The highest BCUT2D eigenvalue weighted by Crippen LogP contribution is 2.23. The van der Waals surface area contributed by atoms with Crippen molar-refractivity contribution in [3.05, 3.63) is 30.0 Å². The first-order chi connectivity index (χ1) is 10.0.